The fourth-order valence-electron chi connectivity index (χ4n) is 0.778. The van der Waals surface area contributed by atoms with Crippen LogP contribution in [-0.4, -0.2) is 46.3 Å². The Balaban J connectivity index is 4.46. The van der Waals surface area contributed by atoms with Gasteiger partial charge in [0.2, 0.25) is 6.10 Å². The van der Waals surface area contributed by atoms with Crippen LogP contribution in [0.25, 0.3) is 0 Å². The molecule has 1 unspecified atom stereocenters. The summed E-state index contributed by atoms with van der Waals surface area (Å²) >= 11 is 0. The molecule has 0 heterocycles. The maximum atomic E-state index is 11.0. The number of ether oxygens (including phenoxy) is 1. The van der Waals surface area contributed by atoms with Gasteiger partial charge < -0.3 is 26.4 Å². The second-order valence-corrected chi connectivity index (χ2v) is 3.23. The molecule has 0 aromatic heterocycles. The molecule has 0 fully saturated rings. The van der Waals surface area contributed by atoms with Crippen molar-refractivity contribution in [1.29, 1.82) is 0 Å². The van der Waals surface area contributed by atoms with Crippen LogP contribution >= 0.6 is 0 Å². The van der Waals surface area contributed by atoms with Crippen LogP contribution in [0.4, 0.5) is 0 Å². The maximum absolute atomic E-state index is 11.0. The minimum Gasteiger partial charge on any atom is -0.480 e. The quantitative estimate of drug-likeness (QED) is 0.390. The molecule has 0 rings (SSSR count). The van der Waals surface area contributed by atoms with E-state index in [0.717, 1.165) is 0 Å². The maximum Gasteiger partial charge on any atom is 0.345 e. The number of carboxylic acids is 2. The van der Waals surface area contributed by atoms with Gasteiger partial charge in [0, 0.05) is 6.42 Å². The monoisotopic (exact) mass is 234 g/mol. The largest absolute Gasteiger partial charge is 0.480 e. The molecule has 0 saturated carbocycles. The smallest absolute Gasteiger partial charge is 0.345 e. The van der Waals surface area contributed by atoms with Crippen molar-refractivity contribution in [2.45, 2.75) is 31.5 Å². The number of hydrogen-bond donors (Lipinski definition) is 4. The van der Waals surface area contributed by atoms with E-state index in [9.17, 15) is 14.4 Å². The van der Waals surface area contributed by atoms with Crippen LogP contribution in [-0.2, 0) is 19.1 Å². The fraction of sp³-hybridized carbons (Fsp3) is 0.625. The second kappa shape index (κ2) is 6.03. The molecule has 8 nitrogen and oxygen atoms in total. The molecule has 0 saturated heterocycles. The van der Waals surface area contributed by atoms with E-state index in [1.807, 2.05) is 0 Å². The summed E-state index contributed by atoms with van der Waals surface area (Å²) in [4.78, 5) is 32.1. The molecule has 0 bridgehead atoms. The number of rotatable bonds is 6. The minimum atomic E-state index is -1.61. The number of nitrogens with two attached hydrogens (primary N) is 2. The van der Waals surface area contributed by atoms with E-state index >= 15 is 0 Å². The number of carbonyl (C=O) groups is 3. The van der Waals surface area contributed by atoms with Crippen molar-refractivity contribution in [2.24, 2.45) is 11.5 Å². The van der Waals surface area contributed by atoms with Crippen molar-refractivity contribution < 1.29 is 29.3 Å². The van der Waals surface area contributed by atoms with Gasteiger partial charge in [-0.15, -0.1) is 0 Å². The molecule has 0 amide bonds. The van der Waals surface area contributed by atoms with Gasteiger partial charge in [0.15, 0.2) is 0 Å². The molecule has 0 aliphatic carbocycles. The van der Waals surface area contributed by atoms with Gasteiger partial charge in [0.05, 0.1) is 0 Å². The van der Waals surface area contributed by atoms with E-state index in [2.05, 4.69) is 4.74 Å². The number of aliphatic carboxylic acids is 2. The van der Waals surface area contributed by atoms with Crippen LogP contribution in [0.3, 0.4) is 0 Å². The summed E-state index contributed by atoms with van der Waals surface area (Å²) in [5.41, 5.74) is 10.3. The molecular weight excluding hydrogens is 220 g/mol. The van der Waals surface area contributed by atoms with Gasteiger partial charge in [-0.25, -0.2) is 4.79 Å². The lowest BCUT2D eigenvalue weighted by Gasteiger charge is -2.16. The van der Waals surface area contributed by atoms with E-state index < -0.39 is 42.5 Å². The Morgan fingerprint density at radius 1 is 1.19 bits per heavy atom. The predicted octanol–water partition coefficient (Wildman–Crippen LogP) is -1.87. The zero-order valence-electron chi connectivity index (χ0n) is 8.62. The lowest BCUT2D eigenvalue weighted by Crippen LogP contribution is -2.41. The van der Waals surface area contributed by atoms with Crippen molar-refractivity contribution in [3.05, 3.63) is 0 Å². The first-order valence-electron chi connectivity index (χ1n) is 4.43. The average molecular weight is 234 g/mol. The first-order chi connectivity index (χ1) is 7.25. The summed E-state index contributed by atoms with van der Waals surface area (Å²) in [6.07, 6.45) is -2.12. The van der Waals surface area contributed by atoms with Crippen LogP contribution in [0.1, 0.15) is 13.3 Å². The number of hydrogen-bond acceptors (Lipinski definition) is 6. The van der Waals surface area contributed by atoms with Gasteiger partial charge >= 0.3 is 17.9 Å². The Labute approximate surface area is 91.2 Å². The number of carbonyl (C=O) groups excluding carboxylic acids is 1. The van der Waals surface area contributed by atoms with Crippen molar-refractivity contribution >= 4 is 17.9 Å². The highest BCUT2D eigenvalue weighted by Crippen LogP contribution is 2.04. The van der Waals surface area contributed by atoms with Crippen LogP contribution in [0, 0.1) is 0 Å². The van der Waals surface area contributed by atoms with E-state index in [1.54, 1.807) is 0 Å². The number of esters is 1. The molecule has 92 valence electrons. The van der Waals surface area contributed by atoms with Gasteiger partial charge in [0.1, 0.15) is 12.1 Å². The SMILES string of the molecule is C[C@H](N)C(=O)OC(C[C@H](N)C(=O)O)C(=O)O. The predicted molar refractivity (Wildman–Crippen MR) is 51.4 cm³/mol. The zero-order chi connectivity index (χ0) is 12.9. The van der Waals surface area contributed by atoms with Crippen molar-refractivity contribution in [3.63, 3.8) is 0 Å². The lowest BCUT2D eigenvalue weighted by atomic mass is 10.1. The van der Waals surface area contributed by atoms with Crippen LogP contribution < -0.4 is 11.5 Å². The molecule has 0 radical (unpaired) electrons. The van der Waals surface area contributed by atoms with E-state index in [0.29, 0.717) is 0 Å². The molecule has 6 N–H and O–H groups in total. The van der Waals surface area contributed by atoms with Crippen LogP contribution in [0.5, 0.6) is 0 Å². The molecular formula is C8H14N2O6. The topological polar surface area (TPSA) is 153 Å². The highest BCUT2D eigenvalue weighted by atomic mass is 16.6. The minimum absolute atomic E-state index is 0.511. The lowest BCUT2D eigenvalue weighted by molar-refractivity contribution is -0.166. The third kappa shape index (κ3) is 4.71. The van der Waals surface area contributed by atoms with Gasteiger partial charge in [0.25, 0.3) is 0 Å². The molecule has 0 aromatic rings. The Morgan fingerprint density at radius 3 is 2.00 bits per heavy atom. The highest BCUT2D eigenvalue weighted by Gasteiger charge is 2.28. The van der Waals surface area contributed by atoms with Crippen LogP contribution in [0.15, 0.2) is 0 Å². The summed E-state index contributed by atoms with van der Waals surface area (Å²) < 4.78 is 4.49. The standard InChI is InChI=1S/C8H14N2O6/c1-3(9)8(15)16-5(7(13)14)2-4(10)6(11)12/h3-5H,2,9-10H2,1H3,(H,11,12)(H,13,14)/t3-,4-,5?/m0/s1. The summed E-state index contributed by atoms with van der Waals surface area (Å²) in [6.45, 7) is 1.32. The second-order valence-electron chi connectivity index (χ2n) is 3.23. The molecule has 0 aliphatic heterocycles. The molecule has 3 atom stereocenters. The Morgan fingerprint density at radius 2 is 1.69 bits per heavy atom. The van der Waals surface area contributed by atoms with Crippen molar-refractivity contribution in [1.82, 2.24) is 0 Å². The molecule has 0 aliphatic rings. The zero-order valence-corrected chi connectivity index (χ0v) is 8.62. The molecule has 0 aromatic carbocycles. The Kier molecular flexibility index (Phi) is 5.40. The van der Waals surface area contributed by atoms with E-state index in [4.69, 9.17) is 21.7 Å². The summed E-state index contributed by atoms with van der Waals surface area (Å²) in [5, 5.41) is 17.1. The first-order valence-corrected chi connectivity index (χ1v) is 4.43. The fourth-order valence-corrected chi connectivity index (χ4v) is 0.778. The molecule has 0 spiro atoms. The molecule has 16 heavy (non-hydrogen) atoms. The highest BCUT2D eigenvalue weighted by molar-refractivity contribution is 5.81. The van der Waals surface area contributed by atoms with Crippen molar-refractivity contribution in [3.8, 4) is 0 Å². The normalized spacial score (nSPS) is 15.9. The number of carboxylic acid groups (broad SMARTS) is 2. The summed E-state index contributed by atoms with van der Waals surface area (Å²) in [6, 6.07) is -2.40. The van der Waals surface area contributed by atoms with E-state index in [1.165, 1.54) is 6.92 Å². The molecule has 8 heteroatoms. The third-order valence-electron chi connectivity index (χ3n) is 1.69. The third-order valence-corrected chi connectivity index (χ3v) is 1.69. The summed E-state index contributed by atoms with van der Waals surface area (Å²) in [5.74, 6) is -3.77. The van der Waals surface area contributed by atoms with Gasteiger partial charge in [-0.1, -0.05) is 0 Å². The van der Waals surface area contributed by atoms with Gasteiger partial charge in [-0.3, -0.25) is 9.59 Å². The van der Waals surface area contributed by atoms with E-state index in [-0.39, 0.29) is 0 Å². The van der Waals surface area contributed by atoms with Crippen LogP contribution in [0.2, 0.25) is 0 Å². The first kappa shape index (κ1) is 14.3. The Bertz CT molecular complexity index is 290. The van der Waals surface area contributed by atoms with Gasteiger partial charge in [-0.05, 0) is 6.92 Å². The Hall–Kier alpha value is -1.67. The summed E-state index contributed by atoms with van der Waals surface area (Å²) in [7, 11) is 0. The van der Waals surface area contributed by atoms with Crippen molar-refractivity contribution in [2.75, 3.05) is 0 Å². The van der Waals surface area contributed by atoms with Gasteiger partial charge in [-0.2, -0.15) is 0 Å². The average Bonchev–Trinajstić information content (AvgIpc) is 2.15.